The third-order valence-electron chi connectivity index (χ3n) is 4.42. The van der Waals surface area contributed by atoms with Crippen LogP contribution in [0.1, 0.15) is 17.8 Å². The van der Waals surface area contributed by atoms with Crippen LogP contribution in [0.2, 0.25) is 0 Å². The van der Waals surface area contributed by atoms with Crippen molar-refractivity contribution >= 4 is 33.4 Å². The SMILES string of the molecule is Cc1[nH]c2ccccc2c1NC(=O)CCc1ccc2ccccc2n1. The van der Waals surface area contributed by atoms with Crippen LogP contribution in [0.25, 0.3) is 21.8 Å². The third-order valence-corrected chi connectivity index (χ3v) is 4.42. The lowest BCUT2D eigenvalue weighted by Gasteiger charge is -2.06. The maximum absolute atomic E-state index is 12.4. The van der Waals surface area contributed by atoms with Crippen molar-refractivity contribution in [2.75, 3.05) is 5.32 Å². The maximum atomic E-state index is 12.4. The summed E-state index contributed by atoms with van der Waals surface area (Å²) in [7, 11) is 0. The van der Waals surface area contributed by atoms with Crippen molar-refractivity contribution in [2.24, 2.45) is 0 Å². The molecule has 2 heterocycles. The van der Waals surface area contributed by atoms with Gasteiger partial charge in [-0.15, -0.1) is 0 Å². The number of H-pyrrole nitrogens is 1. The molecule has 0 aliphatic heterocycles. The zero-order valence-electron chi connectivity index (χ0n) is 14.0. The van der Waals surface area contributed by atoms with E-state index in [4.69, 9.17) is 0 Å². The molecule has 4 rings (SSSR count). The smallest absolute Gasteiger partial charge is 0.224 e. The van der Waals surface area contributed by atoms with Crippen LogP contribution in [0.15, 0.2) is 60.7 Å². The van der Waals surface area contributed by atoms with Gasteiger partial charge in [-0.05, 0) is 31.5 Å². The van der Waals surface area contributed by atoms with E-state index in [1.54, 1.807) is 0 Å². The summed E-state index contributed by atoms with van der Waals surface area (Å²) in [6.07, 6.45) is 1.03. The molecule has 4 aromatic rings. The van der Waals surface area contributed by atoms with Crippen LogP contribution in [0.5, 0.6) is 0 Å². The first-order valence-corrected chi connectivity index (χ1v) is 8.42. The fraction of sp³-hybridized carbons (Fsp3) is 0.143. The predicted octanol–water partition coefficient (Wildman–Crippen LogP) is 4.60. The average molecular weight is 329 g/mol. The number of amides is 1. The third kappa shape index (κ3) is 3.11. The summed E-state index contributed by atoms with van der Waals surface area (Å²) in [5.41, 5.74) is 4.77. The van der Waals surface area contributed by atoms with E-state index in [1.807, 2.05) is 61.5 Å². The van der Waals surface area contributed by atoms with E-state index in [-0.39, 0.29) is 5.91 Å². The molecule has 0 unspecified atom stereocenters. The number of aryl methyl sites for hydroxylation is 2. The quantitative estimate of drug-likeness (QED) is 0.575. The molecule has 0 spiro atoms. The van der Waals surface area contributed by atoms with Crippen molar-refractivity contribution in [1.82, 2.24) is 9.97 Å². The van der Waals surface area contributed by atoms with Crippen LogP contribution in [0, 0.1) is 6.92 Å². The van der Waals surface area contributed by atoms with Crippen molar-refractivity contribution in [1.29, 1.82) is 0 Å². The number of nitrogens with zero attached hydrogens (tertiary/aromatic N) is 1. The van der Waals surface area contributed by atoms with Crippen molar-refractivity contribution < 1.29 is 4.79 Å². The fourth-order valence-corrected chi connectivity index (χ4v) is 3.13. The van der Waals surface area contributed by atoms with Crippen LogP contribution in [-0.2, 0) is 11.2 Å². The Morgan fingerprint density at radius 1 is 1.04 bits per heavy atom. The molecule has 2 aromatic heterocycles. The van der Waals surface area contributed by atoms with Crippen molar-refractivity contribution in [2.45, 2.75) is 19.8 Å². The number of carbonyl (C=O) groups excluding carboxylic acids is 1. The number of pyridine rings is 1. The molecule has 25 heavy (non-hydrogen) atoms. The number of hydrogen-bond acceptors (Lipinski definition) is 2. The summed E-state index contributed by atoms with van der Waals surface area (Å²) in [6.45, 7) is 1.97. The van der Waals surface area contributed by atoms with Gasteiger partial charge in [-0.3, -0.25) is 9.78 Å². The van der Waals surface area contributed by atoms with Gasteiger partial charge in [0.1, 0.15) is 0 Å². The summed E-state index contributed by atoms with van der Waals surface area (Å²) < 4.78 is 0. The van der Waals surface area contributed by atoms with E-state index < -0.39 is 0 Å². The zero-order chi connectivity index (χ0) is 17.2. The first-order valence-electron chi connectivity index (χ1n) is 8.42. The minimum Gasteiger partial charge on any atom is -0.357 e. The van der Waals surface area contributed by atoms with Crippen molar-refractivity contribution in [3.63, 3.8) is 0 Å². The second-order valence-corrected chi connectivity index (χ2v) is 6.21. The van der Waals surface area contributed by atoms with Gasteiger partial charge in [0, 0.05) is 34.1 Å². The molecule has 0 saturated carbocycles. The van der Waals surface area contributed by atoms with E-state index in [0.29, 0.717) is 12.8 Å². The van der Waals surface area contributed by atoms with Crippen LogP contribution in [0.4, 0.5) is 5.69 Å². The fourth-order valence-electron chi connectivity index (χ4n) is 3.13. The first kappa shape index (κ1) is 15.4. The van der Waals surface area contributed by atoms with Gasteiger partial charge in [0.05, 0.1) is 11.2 Å². The molecule has 0 fully saturated rings. The Morgan fingerprint density at radius 3 is 2.76 bits per heavy atom. The predicted molar refractivity (Wildman–Crippen MR) is 102 cm³/mol. The summed E-state index contributed by atoms with van der Waals surface area (Å²) in [5, 5.41) is 5.20. The number of aromatic nitrogens is 2. The minimum atomic E-state index is 0.00260. The average Bonchev–Trinajstić information content (AvgIpc) is 2.95. The lowest BCUT2D eigenvalue weighted by molar-refractivity contribution is -0.116. The highest BCUT2D eigenvalue weighted by atomic mass is 16.1. The number of hydrogen-bond donors (Lipinski definition) is 2. The molecule has 2 N–H and O–H groups in total. The Labute approximate surface area is 145 Å². The van der Waals surface area contributed by atoms with Gasteiger partial charge in [-0.25, -0.2) is 0 Å². The van der Waals surface area contributed by atoms with E-state index in [2.05, 4.69) is 21.4 Å². The highest BCUT2D eigenvalue weighted by Gasteiger charge is 2.11. The van der Waals surface area contributed by atoms with Crippen LogP contribution >= 0.6 is 0 Å². The molecule has 2 aromatic carbocycles. The summed E-state index contributed by atoms with van der Waals surface area (Å²) >= 11 is 0. The number of rotatable bonds is 4. The second-order valence-electron chi connectivity index (χ2n) is 6.21. The Bertz CT molecular complexity index is 1070. The summed E-state index contributed by atoms with van der Waals surface area (Å²) in [6, 6.07) is 20.0. The van der Waals surface area contributed by atoms with Gasteiger partial charge >= 0.3 is 0 Å². The van der Waals surface area contributed by atoms with Gasteiger partial charge in [0.15, 0.2) is 0 Å². The molecule has 0 bridgehead atoms. The largest absolute Gasteiger partial charge is 0.357 e. The standard InChI is InChI=1S/C21H19N3O/c1-14-21(17-7-3-5-9-19(17)22-14)24-20(25)13-12-16-11-10-15-6-2-4-8-18(15)23-16/h2-11,22H,12-13H2,1H3,(H,24,25). The Hall–Kier alpha value is -3.14. The molecular weight excluding hydrogens is 310 g/mol. The molecule has 1 amide bonds. The van der Waals surface area contributed by atoms with Crippen molar-refractivity contribution in [3.8, 4) is 0 Å². The monoisotopic (exact) mass is 329 g/mol. The molecule has 0 aliphatic carbocycles. The maximum Gasteiger partial charge on any atom is 0.224 e. The highest BCUT2D eigenvalue weighted by Crippen LogP contribution is 2.27. The zero-order valence-corrected chi connectivity index (χ0v) is 14.0. The summed E-state index contributed by atoms with van der Waals surface area (Å²) in [5.74, 6) is 0.00260. The normalized spacial score (nSPS) is 11.1. The Kier molecular flexibility index (Phi) is 3.94. The van der Waals surface area contributed by atoms with Crippen LogP contribution in [0.3, 0.4) is 0 Å². The molecule has 4 heteroatoms. The molecule has 0 aliphatic rings. The van der Waals surface area contributed by atoms with Gasteiger partial charge < -0.3 is 10.3 Å². The van der Waals surface area contributed by atoms with Gasteiger partial charge in [-0.1, -0.05) is 42.5 Å². The highest BCUT2D eigenvalue weighted by molar-refractivity contribution is 6.03. The van der Waals surface area contributed by atoms with Crippen molar-refractivity contribution in [3.05, 3.63) is 72.1 Å². The lowest BCUT2D eigenvalue weighted by atomic mass is 10.1. The number of benzene rings is 2. The Balaban J connectivity index is 1.47. The molecular formula is C21H19N3O. The Morgan fingerprint density at radius 2 is 1.84 bits per heavy atom. The van der Waals surface area contributed by atoms with E-state index >= 15 is 0 Å². The van der Waals surface area contributed by atoms with Gasteiger partial charge in [0.25, 0.3) is 0 Å². The topological polar surface area (TPSA) is 57.8 Å². The lowest BCUT2D eigenvalue weighted by Crippen LogP contribution is -2.13. The second kappa shape index (κ2) is 6.40. The number of carbonyl (C=O) groups is 1. The number of fused-ring (bicyclic) bond motifs is 2. The van der Waals surface area contributed by atoms with Crippen LogP contribution < -0.4 is 5.32 Å². The van der Waals surface area contributed by atoms with Crippen LogP contribution in [-0.4, -0.2) is 15.9 Å². The summed E-state index contributed by atoms with van der Waals surface area (Å²) in [4.78, 5) is 20.3. The van der Waals surface area contributed by atoms with E-state index in [1.165, 1.54) is 0 Å². The minimum absolute atomic E-state index is 0.00260. The number of aromatic amines is 1. The molecule has 0 atom stereocenters. The molecule has 0 saturated heterocycles. The van der Waals surface area contributed by atoms with E-state index in [9.17, 15) is 4.79 Å². The van der Waals surface area contributed by atoms with Gasteiger partial charge in [0.2, 0.25) is 5.91 Å². The number of anilines is 1. The van der Waals surface area contributed by atoms with Gasteiger partial charge in [-0.2, -0.15) is 0 Å². The molecule has 124 valence electrons. The first-order chi connectivity index (χ1) is 12.2. The van der Waals surface area contributed by atoms with E-state index in [0.717, 1.165) is 38.9 Å². The molecule has 4 nitrogen and oxygen atoms in total. The number of para-hydroxylation sites is 2. The molecule has 0 radical (unpaired) electrons. The number of nitrogens with one attached hydrogen (secondary N) is 2.